The normalized spacial score (nSPS) is 18.7. The van der Waals surface area contributed by atoms with Gasteiger partial charge in [-0.05, 0) is 45.9 Å². The van der Waals surface area contributed by atoms with Gasteiger partial charge in [0.25, 0.3) is 0 Å². The Balaban J connectivity index is 1.24. The smallest absolute Gasteiger partial charge is 0.165 e. The van der Waals surface area contributed by atoms with Crippen LogP contribution in [0, 0.1) is 0 Å². The van der Waals surface area contributed by atoms with Gasteiger partial charge in [0, 0.05) is 18.5 Å². The van der Waals surface area contributed by atoms with Crippen LogP contribution in [-0.4, -0.2) is 19.5 Å². The lowest BCUT2D eigenvalue weighted by molar-refractivity contribution is 0.429. The van der Waals surface area contributed by atoms with Gasteiger partial charge in [-0.15, -0.1) is 0 Å². The first-order chi connectivity index (χ1) is 16.3. The zero-order valence-corrected chi connectivity index (χ0v) is 18.1. The van der Waals surface area contributed by atoms with Crippen molar-refractivity contribution in [2.24, 2.45) is 0 Å². The minimum Gasteiger partial charge on any atom is -0.364 e. The third-order valence-corrected chi connectivity index (χ3v) is 7.12. The molecule has 0 saturated heterocycles. The molecule has 33 heavy (non-hydrogen) atoms. The number of aromatic nitrogens is 4. The van der Waals surface area contributed by atoms with Crippen molar-refractivity contribution in [3.8, 4) is 0 Å². The molecule has 0 fully saturated rings. The summed E-state index contributed by atoms with van der Waals surface area (Å²) in [5.41, 5.74) is 7.25. The number of hydrogen-bond donors (Lipinski definition) is 1. The molecule has 7 rings (SSSR count). The average molecular weight is 430 g/mol. The van der Waals surface area contributed by atoms with E-state index in [2.05, 4.69) is 74.5 Å². The van der Waals surface area contributed by atoms with Crippen molar-refractivity contribution in [1.29, 1.82) is 0 Å². The van der Waals surface area contributed by atoms with E-state index in [9.17, 15) is 0 Å². The van der Waals surface area contributed by atoms with Crippen molar-refractivity contribution in [3.63, 3.8) is 0 Å². The maximum Gasteiger partial charge on any atom is 0.165 e. The molecular formula is C28H23N5. The summed E-state index contributed by atoms with van der Waals surface area (Å²) in [5, 5.41) is 6.22. The van der Waals surface area contributed by atoms with Gasteiger partial charge in [-0.3, -0.25) is 0 Å². The van der Waals surface area contributed by atoms with Gasteiger partial charge < -0.3 is 9.88 Å². The molecule has 1 N–H and O–H groups in total. The molecule has 0 bridgehead atoms. The lowest BCUT2D eigenvalue weighted by Crippen LogP contribution is -2.22. The molecule has 2 atom stereocenters. The lowest BCUT2D eigenvalue weighted by atomic mass is 9.74. The van der Waals surface area contributed by atoms with E-state index in [0.29, 0.717) is 18.5 Å². The maximum absolute atomic E-state index is 4.73. The van der Waals surface area contributed by atoms with E-state index >= 15 is 0 Å². The van der Waals surface area contributed by atoms with Crippen LogP contribution in [0.4, 0.5) is 5.82 Å². The van der Waals surface area contributed by atoms with Crippen molar-refractivity contribution < 1.29 is 0 Å². The molecule has 2 aliphatic rings. The lowest BCUT2D eigenvalue weighted by Gasteiger charge is -2.34. The van der Waals surface area contributed by atoms with Crippen LogP contribution in [0.1, 0.15) is 40.6 Å². The van der Waals surface area contributed by atoms with Crippen molar-refractivity contribution in [2.45, 2.75) is 31.3 Å². The third kappa shape index (κ3) is 2.96. The highest BCUT2D eigenvalue weighted by molar-refractivity contribution is 5.96. The monoisotopic (exact) mass is 429 g/mol. The highest BCUT2D eigenvalue weighted by Gasteiger charge is 2.31. The predicted octanol–water partition coefficient (Wildman–Crippen LogP) is 5.89. The minimum atomic E-state index is 0.316. The van der Waals surface area contributed by atoms with Gasteiger partial charge in [0.15, 0.2) is 11.5 Å². The second-order valence-electron chi connectivity index (χ2n) is 9.03. The molecule has 2 aromatic heterocycles. The fourth-order valence-corrected chi connectivity index (χ4v) is 5.60. The fraction of sp³-hybridized carbons (Fsp3) is 0.179. The number of imidazole rings is 1. The number of rotatable bonds is 4. The highest BCUT2D eigenvalue weighted by Crippen LogP contribution is 2.46. The topological polar surface area (TPSA) is 55.6 Å². The van der Waals surface area contributed by atoms with Gasteiger partial charge in [0.1, 0.15) is 11.8 Å². The molecule has 5 heteroatoms. The number of allylic oxidation sites excluding steroid dienone is 1. The van der Waals surface area contributed by atoms with E-state index in [-0.39, 0.29) is 0 Å². The van der Waals surface area contributed by atoms with E-state index < -0.39 is 0 Å². The first kappa shape index (κ1) is 18.6. The molecule has 0 spiro atoms. The molecule has 5 aromatic rings. The molecule has 0 amide bonds. The van der Waals surface area contributed by atoms with Crippen molar-refractivity contribution in [2.75, 3.05) is 5.32 Å². The van der Waals surface area contributed by atoms with Gasteiger partial charge >= 0.3 is 0 Å². The largest absolute Gasteiger partial charge is 0.364 e. The zero-order valence-electron chi connectivity index (χ0n) is 18.1. The molecule has 5 nitrogen and oxygen atoms in total. The minimum absolute atomic E-state index is 0.316. The first-order valence-corrected chi connectivity index (χ1v) is 11.5. The number of nitrogens with zero attached hydrogens (tertiary/aromatic N) is 4. The maximum atomic E-state index is 4.73. The Labute approximate surface area is 191 Å². The van der Waals surface area contributed by atoms with E-state index in [1.807, 2.05) is 24.5 Å². The molecule has 0 aliphatic heterocycles. The summed E-state index contributed by atoms with van der Waals surface area (Å²) in [5.74, 6) is 1.21. The Bertz CT molecular complexity index is 1530. The summed E-state index contributed by atoms with van der Waals surface area (Å²) in [6, 6.07) is 21.9. The standard InChI is InChI=1S/C28H23N5/c1-2-5-18(6-3-1)15-29-27-26-28(31-16-30-27)33(17-32-26)23-13-21-11-9-19-7-4-8-20-10-12-22(14-23)25(21)24(19)20/h1-12,16-17,21,23H,13-15H2,(H,29,30,31). The Morgan fingerprint density at radius 3 is 2.82 bits per heavy atom. The van der Waals surface area contributed by atoms with Crippen LogP contribution in [0.3, 0.4) is 0 Å². The van der Waals surface area contributed by atoms with Crippen LogP contribution < -0.4 is 5.32 Å². The fourth-order valence-electron chi connectivity index (χ4n) is 5.60. The van der Waals surface area contributed by atoms with Crippen molar-refractivity contribution in [3.05, 3.63) is 102 Å². The number of anilines is 1. The van der Waals surface area contributed by atoms with E-state index in [1.54, 1.807) is 6.33 Å². The molecular weight excluding hydrogens is 406 g/mol. The third-order valence-electron chi connectivity index (χ3n) is 7.12. The van der Waals surface area contributed by atoms with Crippen LogP contribution in [0.2, 0.25) is 0 Å². The summed E-state index contributed by atoms with van der Waals surface area (Å²) in [6.45, 7) is 0.707. The van der Waals surface area contributed by atoms with Crippen LogP contribution in [0.25, 0.3) is 28.0 Å². The molecule has 2 aliphatic carbocycles. The molecule has 0 radical (unpaired) electrons. The summed E-state index contributed by atoms with van der Waals surface area (Å²) in [6.07, 6.45) is 10.3. The SMILES string of the molecule is C1=CC2CC(n3cnc4c(NCc5ccccc5)ncnc43)Cc3ccc4cccc1c4c32. The summed E-state index contributed by atoms with van der Waals surface area (Å²) in [4.78, 5) is 13.8. The van der Waals surface area contributed by atoms with Gasteiger partial charge in [-0.1, -0.05) is 72.8 Å². The van der Waals surface area contributed by atoms with E-state index in [0.717, 1.165) is 29.8 Å². The molecule has 2 heterocycles. The quantitative estimate of drug-likeness (QED) is 0.387. The van der Waals surface area contributed by atoms with Gasteiger partial charge in [-0.25, -0.2) is 15.0 Å². The molecule has 3 aromatic carbocycles. The molecule has 0 saturated carbocycles. The van der Waals surface area contributed by atoms with Crippen LogP contribution in [-0.2, 0) is 13.0 Å². The summed E-state index contributed by atoms with van der Waals surface area (Å²) >= 11 is 0. The number of fused-ring (bicyclic) bond motifs is 1. The van der Waals surface area contributed by atoms with E-state index in [1.165, 1.54) is 33.0 Å². The van der Waals surface area contributed by atoms with Crippen LogP contribution in [0.5, 0.6) is 0 Å². The Hall–Kier alpha value is -3.99. The zero-order chi connectivity index (χ0) is 21.8. The van der Waals surface area contributed by atoms with Crippen LogP contribution in [0.15, 0.2) is 79.4 Å². The van der Waals surface area contributed by atoms with Crippen LogP contribution >= 0.6 is 0 Å². The molecule has 2 unspecified atom stereocenters. The van der Waals surface area contributed by atoms with Crippen molar-refractivity contribution >= 4 is 33.8 Å². The summed E-state index contributed by atoms with van der Waals surface area (Å²) < 4.78 is 2.26. The predicted molar refractivity (Wildman–Crippen MR) is 132 cm³/mol. The van der Waals surface area contributed by atoms with Gasteiger partial charge in [0.2, 0.25) is 0 Å². The number of benzene rings is 3. The Morgan fingerprint density at radius 2 is 1.88 bits per heavy atom. The first-order valence-electron chi connectivity index (χ1n) is 11.5. The van der Waals surface area contributed by atoms with Gasteiger partial charge in [0.05, 0.1) is 6.33 Å². The van der Waals surface area contributed by atoms with Gasteiger partial charge in [-0.2, -0.15) is 0 Å². The van der Waals surface area contributed by atoms with Crippen molar-refractivity contribution in [1.82, 2.24) is 19.5 Å². The second kappa shape index (κ2) is 7.27. The molecule has 160 valence electrons. The van der Waals surface area contributed by atoms with E-state index in [4.69, 9.17) is 4.98 Å². The number of nitrogens with one attached hydrogen (secondary N) is 1. The average Bonchev–Trinajstić information content (AvgIpc) is 3.31. The summed E-state index contributed by atoms with van der Waals surface area (Å²) in [7, 11) is 0. The second-order valence-corrected chi connectivity index (χ2v) is 9.03. The Morgan fingerprint density at radius 1 is 0.939 bits per heavy atom. The highest BCUT2D eigenvalue weighted by atomic mass is 15.2. The Kier molecular flexibility index (Phi) is 4.09. The number of hydrogen-bond acceptors (Lipinski definition) is 4.